The Morgan fingerprint density at radius 2 is 2.07 bits per heavy atom. The van der Waals surface area contributed by atoms with Gasteiger partial charge < -0.3 is 4.90 Å². The van der Waals surface area contributed by atoms with Crippen molar-refractivity contribution >= 4 is 33.4 Å². The zero-order valence-corrected chi connectivity index (χ0v) is 11.2. The number of para-hydroxylation sites is 1. The smallest absolute Gasteiger partial charge is 0.0407 e. The van der Waals surface area contributed by atoms with E-state index >= 15 is 0 Å². The van der Waals surface area contributed by atoms with Crippen molar-refractivity contribution in [2.24, 2.45) is 0 Å². The van der Waals surface area contributed by atoms with E-state index in [2.05, 4.69) is 56.9 Å². The molecule has 0 aromatic heterocycles. The predicted molar refractivity (Wildman–Crippen MR) is 73.2 cm³/mol. The van der Waals surface area contributed by atoms with Crippen molar-refractivity contribution in [1.29, 1.82) is 0 Å². The number of halogens is 1. The minimum Gasteiger partial charge on any atom is -0.370 e. The monoisotopic (exact) mass is 285 g/mol. The molecule has 0 spiro atoms. The van der Waals surface area contributed by atoms with Crippen LogP contribution in [-0.4, -0.2) is 24.6 Å². The lowest BCUT2D eigenvalue weighted by molar-refractivity contribution is 0.813. The molecular formula is C12H16BrNS. The molecule has 0 aliphatic carbocycles. The maximum absolute atomic E-state index is 3.56. The summed E-state index contributed by atoms with van der Waals surface area (Å²) in [6.45, 7) is 2.39. The summed E-state index contributed by atoms with van der Waals surface area (Å²) in [7, 11) is 0. The molecule has 0 bridgehead atoms. The minimum atomic E-state index is 0.951. The fraction of sp³-hybridized carbons (Fsp3) is 0.500. The molecule has 0 atom stereocenters. The first kappa shape index (κ1) is 11.3. The van der Waals surface area contributed by atoms with Gasteiger partial charge in [-0.15, -0.1) is 0 Å². The van der Waals surface area contributed by atoms with Gasteiger partial charge in [-0.25, -0.2) is 0 Å². The quantitative estimate of drug-likeness (QED) is 0.765. The SMILES string of the molecule is BrCc1ccccc1N1CCCSCC1. The number of alkyl halides is 1. The van der Waals surface area contributed by atoms with Gasteiger partial charge in [0.25, 0.3) is 0 Å². The first-order chi connectivity index (χ1) is 7.42. The molecule has 1 aromatic rings. The molecule has 1 saturated heterocycles. The van der Waals surface area contributed by atoms with Crippen molar-refractivity contribution in [2.45, 2.75) is 11.8 Å². The number of thioether (sulfide) groups is 1. The average molecular weight is 286 g/mol. The van der Waals surface area contributed by atoms with E-state index in [1.807, 2.05) is 0 Å². The van der Waals surface area contributed by atoms with E-state index in [1.165, 1.54) is 42.3 Å². The van der Waals surface area contributed by atoms with E-state index < -0.39 is 0 Å². The third kappa shape index (κ3) is 2.91. The Kier molecular flexibility index (Phi) is 4.39. The van der Waals surface area contributed by atoms with Gasteiger partial charge in [0.2, 0.25) is 0 Å². The van der Waals surface area contributed by atoms with E-state index in [4.69, 9.17) is 0 Å². The van der Waals surface area contributed by atoms with E-state index in [0.29, 0.717) is 0 Å². The molecule has 0 amide bonds. The van der Waals surface area contributed by atoms with Crippen LogP contribution in [0.5, 0.6) is 0 Å². The predicted octanol–water partition coefficient (Wildman–Crippen LogP) is 3.52. The molecule has 1 nitrogen and oxygen atoms in total. The number of rotatable bonds is 2. The van der Waals surface area contributed by atoms with Gasteiger partial charge in [-0.1, -0.05) is 34.1 Å². The maximum Gasteiger partial charge on any atom is 0.0407 e. The van der Waals surface area contributed by atoms with Gasteiger partial charge in [0, 0.05) is 29.9 Å². The van der Waals surface area contributed by atoms with Crippen molar-refractivity contribution in [1.82, 2.24) is 0 Å². The largest absolute Gasteiger partial charge is 0.370 e. The number of anilines is 1. The zero-order valence-electron chi connectivity index (χ0n) is 8.79. The highest BCUT2D eigenvalue weighted by Crippen LogP contribution is 2.24. The van der Waals surface area contributed by atoms with Crippen molar-refractivity contribution in [2.75, 3.05) is 29.5 Å². The lowest BCUT2D eigenvalue weighted by atomic mass is 10.2. The summed E-state index contributed by atoms with van der Waals surface area (Å²) in [6, 6.07) is 8.71. The molecule has 1 heterocycles. The Morgan fingerprint density at radius 3 is 2.93 bits per heavy atom. The normalized spacial score (nSPS) is 17.5. The van der Waals surface area contributed by atoms with Crippen LogP contribution in [0, 0.1) is 0 Å². The lowest BCUT2D eigenvalue weighted by Crippen LogP contribution is -2.26. The van der Waals surface area contributed by atoms with Gasteiger partial charge in [0.15, 0.2) is 0 Å². The van der Waals surface area contributed by atoms with E-state index in [-0.39, 0.29) is 0 Å². The van der Waals surface area contributed by atoms with Crippen molar-refractivity contribution in [3.8, 4) is 0 Å². The molecule has 0 unspecified atom stereocenters. The number of benzene rings is 1. The average Bonchev–Trinajstić information content (AvgIpc) is 2.57. The molecule has 0 saturated carbocycles. The lowest BCUT2D eigenvalue weighted by Gasteiger charge is -2.24. The van der Waals surface area contributed by atoms with Gasteiger partial charge in [-0.05, 0) is 23.8 Å². The van der Waals surface area contributed by atoms with E-state index in [9.17, 15) is 0 Å². The highest BCUT2D eigenvalue weighted by molar-refractivity contribution is 9.08. The van der Waals surface area contributed by atoms with Crippen molar-refractivity contribution < 1.29 is 0 Å². The first-order valence-electron chi connectivity index (χ1n) is 5.38. The highest BCUT2D eigenvalue weighted by Gasteiger charge is 2.12. The second-order valence-electron chi connectivity index (χ2n) is 3.72. The van der Waals surface area contributed by atoms with Crippen LogP contribution in [0.1, 0.15) is 12.0 Å². The van der Waals surface area contributed by atoms with Gasteiger partial charge in [-0.3, -0.25) is 0 Å². The summed E-state index contributed by atoms with van der Waals surface area (Å²) in [5, 5.41) is 0.951. The third-order valence-corrected chi connectivity index (χ3v) is 4.35. The summed E-state index contributed by atoms with van der Waals surface area (Å²) in [5.74, 6) is 2.57. The number of hydrogen-bond acceptors (Lipinski definition) is 2. The highest BCUT2D eigenvalue weighted by atomic mass is 79.9. The molecule has 3 heteroatoms. The summed E-state index contributed by atoms with van der Waals surface area (Å²) >= 11 is 5.64. The fourth-order valence-electron chi connectivity index (χ4n) is 1.92. The number of nitrogens with zero attached hydrogens (tertiary/aromatic N) is 1. The molecule has 82 valence electrons. The molecule has 0 N–H and O–H groups in total. The third-order valence-electron chi connectivity index (χ3n) is 2.70. The second kappa shape index (κ2) is 5.80. The van der Waals surface area contributed by atoms with Crippen LogP contribution in [-0.2, 0) is 5.33 Å². The van der Waals surface area contributed by atoms with Crippen LogP contribution in [0.2, 0.25) is 0 Å². The Balaban J connectivity index is 2.18. The summed E-state index contributed by atoms with van der Waals surface area (Å²) < 4.78 is 0. The summed E-state index contributed by atoms with van der Waals surface area (Å²) in [4.78, 5) is 2.52. The first-order valence-corrected chi connectivity index (χ1v) is 7.66. The fourth-order valence-corrected chi connectivity index (χ4v) is 3.28. The molecule has 1 fully saturated rings. The summed E-state index contributed by atoms with van der Waals surface area (Å²) in [5.41, 5.74) is 2.82. The van der Waals surface area contributed by atoms with Gasteiger partial charge >= 0.3 is 0 Å². The maximum atomic E-state index is 3.56. The van der Waals surface area contributed by atoms with Crippen LogP contribution >= 0.6 is 27.7 Å². The molecule has 2 rings (SSSR count). The molecule has 1 aliphatic heterocycles. The standard InChI is InChI=1S/C12H16BrNS/c13-10-11-4-1-2-5-12(11)14-6-3-8-15-9-7-14/h1-2,4-5H,3,6-10H2. The van der Waals surface area contributed by atoms with Crippen molar-refractivity contribution in [3.05, 3.63) is 29.8 Å². The topological polar surface area (TPSA) is 3.24 Å². The molecular weight excluding hydrogens is 270 g/mol. The van der Waals surface area contributed by atoms with Gasteiger partial charge in [0.1, 0.15) is 0 Å². The molecule has 0 radical (unpaired) electrons. The molecule has 1 aliphatic rings. The Bertz CT molecular complexity index is 308. The zero-order chi connectivity index (χ0) is 10.5. The Hall–Kier alpha value is -0.150. The van der Waals surface area contributed by atoms with Crippen LogP contribution < -0.4 is 4.90 Å². The van der Waals surface area contributed by atoms with Crippen molar-refractivity contribution in [3.63, 3.8) is 0 Å². The molecule has 15 heavy (non-hydrogen) atoms. The van der Waals surface area contributed by atoms with Gasteiger partial charge in [-0.2, -0.15) is 11.8 Å². The number of hydrogen-bond donors (Lipinski definition) is 0. The van der Waals surface area contributed by atoms with Crippen LogP contribution in [0.25, 0.3) is 0 Å². The Morgan fingerprint density at radius 1 is 1.20 bits per heavy atom. The minimum absolute atomic E-state index is 0.951. The Labute approximate surface area is 104 Å². The molecule has 1 aromatic carbocycles. The van der Waals surface area contributed by atoms with Crippen LogP contribution in [0.3, 0.4) is 0 Å². The van der Waals surface area contributed by atoms with Crippen LogP contribution in [0.4, 0.5) is 5.69 Å². The second-order valence-corrected chi connectivity index (χ2v) is 5.50. The van der Waals surface area contributed by atoms with E-state index in [1.54, 1.807) is 0 Å². The van der Waals surface area contributed by atoms with Gasteiger partial charge in [0.05, 0.1) is 0 Å². The van der Waals surface area contributed by atoms with E-state index in [0.717, 1.165) is 5.33 Å². The van der Waals surface area contributed by atoms with Crippen LogP contribution in [0.15, 0.2) is 24.3 Å². The summed E-state index contributed by atoms with van der Waals surface area (Å²) in [6.07, 6.45) is 1.31.